The zero-order valence-corrected chi connectivity index (χ0v) is 7.90. The van der Waals surface area contributed by atoms with Crippen molar-refractivity contribution < 1.29 is 4.74 Å². The van der Waals surface area contributed by atoms with Crippen molar-refractivity contribution in [3.63, 3.8) is 0 Å². The molecule has 0 aliphatic heterocycles. The first-order valence-electron chi connectivity index (χ1n) is 3.77. The van der Waals surface area contributed by atoms with E-state index in [2.05, 4.69) is 4.99 Å². The molecule has 0 aliphatic carbocycles. The zero-order chi connectivity index (χ0) is 10.3. The van der Waals surface area contributed by atoms with Gasteiger partial charge in [-0.25, -0.2) is 0 Å². The van der Waals surface area contributed by atoms with Crippen LogP contribution < -0.4 is 0 Å². The number of hydrogen-bond donors (Lipinski definition) is 0. The predicted molar refractivity (Wildman–Crippen MR) is 48.9 cm³/mol. The Morgan fingerprint density at radius 2 is 1.92 bits per heavy atom. The molecule has 68 valence electrons. The third-order valence-electron chi connectivity index (χ3n) is 1.18. The third-order valence-corrected chi connectivity index (χ3v) is 1.18. The van der Waals surface area contributed by atoms with Crippen molar-refractivity contribution in [1.29, 1.82) is 10.5 Å². The Morgan fingerprint density at radius 1 is 1.38 bits per heavy atom. The van der Waals surface area contributed by atoms with Gasteiger partial charge in [-0.15, -0.1) is 0 Å². The van der Waals surface area contributed by atoms with Gasteiger partial charge in [-0.1, -0.05) is 0 Å². The van der Waals surface area contributed by atoms with Crippen LogP contribution in [0.5, 0.6) is 0 Å². The lowest BCUT2D eigenvalue weighted by molar-refractivity contribution is 0.315. The van der Waals surface area contributed by atoms with Crippen molar-refractivity contribution in [3.8, 4) is 12.1 Å². The van der Waals surface area contributed by atoms with Crippen LogP contribution in [0.3, 0.4) is 0 Å². The van der Waals surface area contributed by atoms with Crippen LogP contribution >= 0.6 is 0 Å². The van der Waals surface area contributed by atoms with Crippen LogP contribution in [0.1, 0.15) is 13.8 Å². The molecule has 0 saturated carbocycles. The van der Waals surface area contributed by atoms with Crippen LogP contribution in [0.15, 0.2) is 16.3 Å². The molecule has 0 aromatic rings. The largest absolute Gasteiger partial charge is 0.493 e. The summed E-state index contributed by atoms with van der Waals surface area (Å²) in [4.78, 5) is 4.00. The fraction of sp³-hybridized carbons (Fsp3) is 0.444. The lowest BCUT2D eigenvalue weighted by Crippen LogP contribution is -1.96. The third kappa shape index (κ3) is 3.93. The van der Waals surface area contributed by atoms with Crippen LogP contribution in [0.25, 0.3) is 0 Å². The summed E-state index contributed by atoms with van der Waals surface area (Å²) in [6.07, 6.45) is 1.40. The SMILES string of the molecule is COC(C=NC(C)C)=C(C#N)C#N. The van der Waals surface area contributed by atoms with Crippen molar-refractivity contribution >= 4 is 6.21 Å². The first kappa shape index (κ1) is 11.2. The maximum absolute atomic E-state index is 8.52. The van der Waals surface area contributed by atoms with Crippen molar-refractivity contribution in [3.05, 3.63) is 11.3 Å². The molecule has 0 bridgehead atoms. The van der Waals surface area contributed by atoms with Crippen LogP contribution in [0.4, 0.5) is 0 Å². The number of aliphatic imine (C=N–C) groups is 1. The Hall–Kier alpha value is -1.81. The maximum Gasteiger partial charge on any atom is 0.173 e. The van der Waals surface area contributed by atoms with Gasteiger partial charge < -0.3 is 4.74 Å². The van der Waals surface area contributed by atoms with Crippen molar-refractivity contribution in [2.24, 2.45) is 4.99 Å². The average molecular weight is 177 g/mol. The van der Waals surface area contributed by atoms with E-state index in [0.29, 0.717) is 0 Å². The number of nitriles is 2. The quantitative estimate of drug-likeness (QED) is 0.372. The number of nitrogens with zero attached hydrogens (tertiary/aromatic N) is 3. The van der Waals surface area contributed by atoms with E-state index in [1.807, 2.05) is 13.8 Å². The second-order valence-electron chi connectivity index (χ2n) is 2.54. The lowest BCUT2D eigenvalue weighted by Gasteiger charge is -1.99. The summed E-state index contributed by atoms with van der Waals surface area (Å²) >= 11 is 0. The normalized spacial score (nSPS) is 9.38. The van der Waals surface area contributed by atoms with Crippen LogP contribution in [0, 0.1) is 22.7 Å². The van der Waals surface area contributed by atoms with Gasteiger partial charge in [0.25, 0.3) is 0 Å². The summed E-state index contributed by atoms with van der Waals surface area (Å²) in [6, 6.07) is 3.57. The van der Waals surface area contributed by atoms with Crippen LogP contribution in [0.2, 0.25) is 0 Å². The van der Waals surface area contributed by atoms with E-state index < -0.39 is 0 Å². The fourth-order valence-electron chi connectivity index (χ4n) is 0.571. The van der Waals surface area contributed by atoms with Gasteiger partial charge in [-0.3, -0.25) is 4.99 Å². The summed E-state index contributed by atoms with van der Waals surface area (Å²) in [7, 11) is 1.40. The molecule has 0 aromatic carbocycles. The molecule has 4 nitrogen and oxygen atoms in total. The van der Waals surface area contributed by atoms with Gasteiger partial charge in [0.1, 0.15) is 12.1 Å². The molecule has 13 heavy (non-hydrogen) atoms. The molecule has 0 unspecified atom stereocenters. The predicted octanol–water partition coefficient (Wildman–Crippen LogP) is 1.41. The molecule has 0 aromatic heterocycles. The minimum absolute atomic E-state index is 0.0631. The molecule has 0 rings (SSSR count). The van der Waals surface area contributed by atoms with E-state index in [-0.39, 0.29) is 17.4 Å². The van der Waals surface area contributed by atoms with Crippen molar-refractivity contribution in [1.82, 2.24) is 0 Å². The molecule has 0 spiro atoms. The Kier molecular flexibility index (Phi) is 4.99. The molecule has 0 amide bonds. The van der Waals surface area contributed by atoms with Gasteiger partial charge in [-0.05, 0) is 13.8 Å². The van der Waals surface area contributed by atoms with Crippen molar-refractivity contribution in [2.45, 2.75) is 19.9 Å². The van der Waals surface area contributed by atoms with E-state index in [1.54, 1.807) is 12.1 Å². The highest BCUT2D eigenvalue weighted by atomic mass is 16.5. The van der Waals surface area contributed by atoms with E-state index >= 15 is 0 Å². The number of hydrogen-bond acceptors (Lipinski definition) is 4. The molecular formula is C9H11N3O. The summed E-state index contributed by atoms with van der Waals surface area (Å²) in [5.74, 6) is 0.207. The van der Waals surface area contributed by atoms with E-state index in [1.165, 1.54) is 13.3 Å². The Balaban J connectivity index is 4.82. The van der Waals surface area contributed by atoms with Crippen molar-refractivity contribution in [2.75, 3.05) is 7.11 Å². The van der Waals surface area contributed by atoms with Gasteiger partial charge in [0, 0.05) is 6.04 Å². The highest BCUT2D eigenvalue weighted by molar-refractivity contribution is 5.79. The van der Waals surface area contributed by atoms with Gasteiger partial charge in [0.2, 0.25) is 0 Å². The smallest absolute Gasteiger partial charge is 0.173 e. The number of allylic oxidation sites excluding steroid dienone is 2. The highest BCUT2D eigenvalue weighted by Gasteiger charge is 2.02. The number of ether oxygens (including phenoxy) is 1. The summed E-state index contributed by atoms with van der Waals surface area (Å²) in [6.45, 7) is 3.78. The first-order chi connectivity index (χ1) is 6.15. The summed E-state index contributed by atoms with van der Waals surface area (Å²) < 4.78 is 4.83. The standard InChI is InChI=1S/C9H11N3O/c1-7(2)12-6-9(13-3)8(4-10)5-11/h6-7H,1-3H3. The van der Waals surface area contributed by atoms with Crippen LogP contribution in [-0.2, 0) is 4.74 Å². The Labute approximate surface area is 77.8 Å². The molecule has 0 atom stereocenters. The minimum Gasteiger partial charge on any atom is -0.493 e. The number of rotatable bonds is 3. The number of methoxy groups -OCH3 is 1. The topological polar surface area (TPSA) is 69.2 Å². The minimum atomic E-state index is -0.0631. The molecular weight excluding hydrogens is 166 g/mol. The van der Waals surface area contributed by atoms with Gasteiger partial charge in [0.05, 0.1) is 13.3 Å². The molecule has 0 fully saturated rings. The second kappa shape index (κ2) is 5.79. The van der Waals surface area contributed by atoms with Gasteiger partial charge >= 0.3 is 0 Å². The van der Waals surface area contributed by atoms with E-state index in [9.17, 15) is 0 Å². The molecule has 0 saturated heterocycles. The van der Waals surface area contributed by atoms with Gasteiger partial charge in [-0.2, -0.15) is 10.5 Å². The average Bonchev–Trinajstić information content (AvgIpc) is 2.11. The monoisotopic (exact) mass is 177 g/mol. The highest BCUT2D eigenvalue weighted by Crippen LogP contribution is 2.01. The molecule has 0 aliphatic rings. The van der Waals surface area contributed by atoms with Gasteiger partial charge in [0.15, 0.2) is 11.3 Å². The fourth-order valence-corrected chi connectivity index (χ4v) is 0.571. The second-order valence-corrected chi connectivity index (χ2v) is 2.54. The summed E-state index contributed by atoms with van der Waals surface area (Å²) in [5, 5.41) is 17.0. The lowest BCUT2D eigenvalue weighted by atomic mass is 10.3. The molecule has 0 radical (unpaired) electrons. The van der Waals surface area contributed by atoms with E-state index in [4.69, 9.17) is 15.3 Å². The molecule has 0 N–H and O–H groups in total. The summed E-state index contributed by atoms with van der Waals surface area (Å²) in [5.41, 5.74) is -0.0631. The Bertz CT molecular complexity index is 286. The molecule has 4 heteroatoms. The zero-order valence-electron chi connectivity index (χ0n) is 7.90. The first-order valence-corrected chi connectivity index (χ1v) is 3.77. The Morgan fingerprint density at radius 3 is 2.23 bits per heavy atom. The maximum atomic E-state index is 8.52. The van der Waals surface area contributed by atoms with Crippen LogP contribution in [-0.4, -0.2) is 19.4 Å². The molecule has 0 heterocycles. The van der Waals surface area contributed by atoms with E-state index in [0.717, 1.165) is 0 Å².